The second-order valence-electron chi connectivity index (χ2n) is 10.3. The van der Waals surface area contributed by atoms with Crippen molar-refractivity contribution in [3.63, 3.8) is 0 Å². The number of imide groups is 1. The molecule has 3 aliphatic heterocycles. The van der Waals surface area contributed by atoms with Crippen LogP contribution in [0.4, 0.5) is 4.39 Å². The van der Waals surface area contributed by atoms with Crippen LogP contribution < -0.4 is 5.32 Å². The lowest BCUT2D eigenvalue weighted by Crippen LogP contribution is -2.52. The molecule has 5 rings (SSSR count). The minimum atomic E-state index is -3.65. The molecule has 8 nitrogen and oxygen atoms in total. The van der Waals surface area contributed by atoms with E-state index in [2.05, 4.69) is 5.32 Å². The molecule has 1 N–H and O–H groups in total. The number of rotatable bonds is 5. The molecule has 2 fully saturated rings. The van der Waals surface area contributed by atoms with Crippen LogP contribution in [0.25, 0.3) is 0 Å². The fourth-order valence-electron chi connectivity index (χ4n) is 5.51. The van der Waals surface area contributed by atoms with E-state index in [0.717, 1.165) is 5.56 Å². The molecular weight excluding hydrogens is 497 g/mol. The van der Waals surface area contributed by atoms with E-state index in [4.69, 9.17) is 0 Å². The number of carbonyl (C=O) groups excluding carboxylic acids is 3. The summed E-state index contributed by atoms with van der Waals surface area (Å²) in [6.07, 6.45) is 1.32. The standard InChI is InChI=1S/C27H30FN3O5S/c1-16(2)18-4-3-5-20(12-18)37(35,36)30-10-8-17(9-11-30)21-13-19-15-31(27(34)22(19)14-23(21)28)24-6-7-25(32)29-26(24)33/h3-5,12-14,16-17,24H,6-11,15H2,1-2H3,(H,29,32,33). The predicted molar refractivity (Wildman–Crippen MR) is 134 cm³/mol. The highest BCUT2D eigenvalue weighted by atomic mass is 32.2. The van der Waals surface area contributed by atoms with E-state index in [0.29, 0.717) is 24.0 Å². The molecule has 3 amide bonds. The molecule has 3 aliphatic rings. The fourth-order valence-corrected chi connectivity index (χ4v) is 7.04. The van der Waals surface area contributed by atoms with Crippen molar-refractivity contribution in [1.82, 2.24) is 14.5 Å². The number of halogens is 1. The van der Waals surface area contributed by atoms with Crippen LogP contribution in [0.2, 0.25) is 0 Å². The summed E-state index contributed by atoms with van der Waals surface area (Å²) in [6.45, 7) is 4.75. The molecule has 3 heterocycles. The highest BCUT2D eigenvalue weighted by molar-refractivity contribution is 7.89. The van der Waals surface area contributed by atoms with Crippen molar-refractivity contribution < 1.29 is 27.2 Å². The molecule has 0 radical (unpaired) electrons. The van der Waals surface area contributed by atoms with Crippen LogP contribution in [0.1, 0.15) is 78.4 Å². The van der Waals surface area contributed by atoms with E-state index < -0.39 is 33.7 Å². The third kappa shape index (κ3) is 4.68. The maximum absolute atomic E-state index is 15.2. The van der Waals surface area contributed by atoms with E-state index in [1.54, 1.807) is 24.3 Å². The minimum Gasteiger partial charge on any atom is -0.322 e. The van der Waals surface area contributed by atoms with Gasteiger partial charge < -0.3 is 4.90 Å². The van der Waals surface area contributed by atoms with Gasteiger partial charge in [0, 0.05) is 31.6 Å². The largest absolute Gasteiger partial charge is 0.322 e. The highest BCUT2D eigenvalue weighted by Gasteiger charge is 2.40. The first-order valence-electron chi connectivity index (χ1n) is 12.6. The lowest BCUT2D eigenvalue weighted by atomic mass is 9.88. The first-order chi connectivity index (χ1) is 17.6. The van der Waals surface area contributed by atoms with Crippen molar-refractivity contribution in [3.8, 4) is 0 Å². The third-order valence-corrected chi connectivity index (χ3v) is 9.59. The van der Waals surface area contributed by atoms with Crippen LogP contribution in [0.15, 0.2) is 41.3 Å². The Balaban J connectivity index is 1.30. The molecule has 196 valence electrons. The van der Waals surface area contributed by atoms with Gasteiger partial charge in [-0.2, -0.15) is 4.31 Å². The Bertz CT molecular complexity index is 1380. The first kappa shape index (κ1) is 25.5. The summed E-state index contributed by atoms with van der Waals surface area (Å²) in [4.78, 5) is 38.4. The SMILES string of the molecule is CC(C)c1cccc(S(=O)(=O)N2CCC(c3cc4c(cc3F)C(=O)N(C3CCC(=O)NC3=O)C4)CC2)c1. The molecular formula is C27H30FN3O5S. The van der Waals surface area contributed by atoms with E-state index >= 15 is 4.39 Å². The Kier molecular flexibility index (Phi) is 6.66. The summed E-state index contributed by atoms with van der Waals surface area (Å²) in [5.41, 5.74) is 2.30. The van der Waals surface area contributed by atoms with E-state index in [1.807, 2.05) is 19.9 Å². The van der Waals surface area contributed by atoms with Crippen molar-refractivity contribution in [2.24, 2.45) is 0 Å². The Morgan fingerprint density at radius 2 is 1.76 bits per heavy atom. The molecule has 0 spiro atoms. The van der Waals surface area contributed by atoms with Crippen LogP contribution in [0, 0.1) is 5.82 Å². The maximum atomic E-state index is 15.2. The normalized spacial score (nSPS) is 21.5. The van der Waals surface area contributed by atoms with Crippen molar-refractivity contribution >= 4 is 27.7 Å². The first-order valence-corrected chi connectivity index (χ1v) is 14.1. The number of nitrogens with zero attached hydrogens (tertiary/aromatic N) is 2. The molecule has 1 unspecified atom stereocenters. The molecule has 0 saturated carbocycles. The minimum absolute atomic E-state index is 0.152. The number of piperidine rings is 2. The molecule has 2 aromatic rings. The number of hydrogen-bond acceptors (Lipinski definition) is 5. The molecule has 1 atom stereocenters. The smallest absolute Gasteiger partial charge is 0.255 e. The number of hydrogen-bond donors (Lipinski definition) is 1. The van der Waals surface area contributed by atoms with Crippen LogP contribution in [-0.4, -0.2) is 54.5 Å². The zero-order valence-electron chi connectivity index (χ0n) is 20.9. The summed E-state index contributed by atoms with van der Waals surface area (Å²) in [6, 6.07) is 9.17. The Hall–Kier alpha value is -3.11. The van der Waals surface area contributed by atoms with E-state index in [9.17, 15) is 22.8 Å². The summed E-state index contributed by atoms with van der Waals surface area (Å²) in [5, 5.41) is 2.26. The van der Waals surface area contributed by atoms with Crippen molar-refractivity contribution in [2.75, 3.05) is 13.1 Å². The lowest BCUT2D eigenvalue weighted by molar-refractivity contribution is -0.136. The van der Waals surface area contributed by atoms with Crippen LogP contribution in [-0.2, 0) is 26.2 Å². The Morgan fingerprint density at radius 1 is 1.03 bits per heavy atom. The van der Waals surface area contributed by atoms with Gasteiger partial charge in [0.25, 0.3) is 5.91 Å². The molecule has 0 bridgehead atoms. The summed E-state index contributed by atoms with van der Waals surface area (Å²) in [5.74, 6) is -1.76. The molecule has 2 saturated heterocycles. The van der Waals surface area contributed by atoms with E-state index in [-0.39, 0.29) is 60.7 Å². The van der Waals surface area contributed by atoms with Gasteiger partial charge in [-0.15, -0.1) is 0 Å². The van der Waals surface area contributed by atoms with Crippen molar-refractivity contribution in [1.29, 1.82) is 0 Å². The fraction of sp³-hybridized carbons (Fsp3) is 0.444. The molecule has 0 aromatic heterocycles. The average molecular weight is 528 g/mol. The van der Waals surface area contributed by atoms with Gasteiger partial charge >= 0.3 is 0 Å². The summed E-state index contributed by atoms with van der Waals surface area (Å²) in [7, 11) is -3.65. The van der Waals surface area contributed by atoms with Crippen molar-refractivity contribution in [3.05, 3.63) is 64.5 Å². The maximum Gasteiger partial charge on any atom is 0.255 e. The quantitative estimate of drug-likeness (QED) is 0.601. The van der Waals surface area contributed by atoms with Gasteiger partial charge in [0.05, 0.1) is 4.90 Å². The summed E-state index contributed by atoms with van der Waals surface area (Å²) < 4.78 is 43.2. The monoisotopic (exact) mass is 527 g/mol. The zero-order valence-corrected chi connectivity index (χ0v) is 21.7. The molecule has 37 heavy (non-hydrogen) atoms. The Labute approximate surface area is 215 Å². The van der Waals surface area contributed by atoms with E-state index in [1.165, 1.54) is 15.3 Å². The zero-order chi connectivity index (χ0) is 26.5. The Morgan fingerprint density at radius 3 is 2.43 bits per heavy atom. The summed E-state index contributed by atoms with van der Waals surface area (Å²) >= 11 is 0. The average Bonchev–Trinajstić information content (AvgIpc) is 3.18. The second kappa shape index (κ2) is 9.64. The number of nitrogens with one attached hydrogen (secondary N) is 1. The van der Waals surface area contributed by atoms with Gasteiger partial charge in [-0.1, -0.05) is 32.0 Å². The number of sulfonamides is 1. The van der Waals surface area contributed by atoms with Crippen LogP contribution in [0.5, 0.6) is 0 Å². The van der Waals surface area contributed by atoms with Crippen LogP contribution in [0.3, 0.4) is 0 Å². The lowest BCUT2D eigenvalue weighted by Gasteiger charge is -2.32. The number of fused-ring (bicyclic) bond motifs is 1. The number of benzene rings is 2. The predicted octanol–water partition coefficient (Wildman–Crippen LogP) is 3.28. The molecule has 2 aromatic carbocycles. The van der Waals surface area contributed by atoms with Gasteiger partial charge in [0.1, 0.15) is 11.9 Å². The van der Waals surface area contributed by atoms with Gasteiger partial charge in [0.15, 0.2) is 0 Å². The van der Waals surface area contributed by atoms with Gasteiger partial charge in [-0.3, -0.25) is 19.7 Å². The van der Waals surface area contributed by atoms with Gasteiger partial charge in [-0.05, 0) is 66.0 Å². The number of amides is 3. The third-order valence-electron chi connectivity index (χ3n) is 7.70. The van der Waals surface area contributed by atoms with Gasteiger partial charge in [0.2, 0.25) is 21.8 Å². The highest BCUT2D eigenvalue weighted by Crippen LogP contribution is 2.36. The van der Waals surface area contributed by atoms with Gasteiger partial charge in [-0.25, -0.2) is 12.8 Å². The topological polar surface area (TPSA) is 104 Å². The molecule has 10 heteroatoms. The second-order valence-corrected chi connectivity index (χ2v) is 12.3. The van der Waals surface area contributed by atoms with Crippen LogP contribution >= 0.6 is 0 Å². The van der Waals surface area contributed by atoms with Crippen molar-refractivity contribution in [2.45, 2.75) is 68.8 Å². The molecule has 0 aliphatic carbocycles. The number of carbonyl (C=O) groups is 3.